The first-order valence-electron chi connectivity index (χ1n) is 6.86. The third-order valence-electron chi connectivity index (χ3n) is 2.87. The average Bonchev–Trinajstić information content (AvgIpc) is 2.54. The molecule has 2 aromatic rings. The van der Waals surface area contributed by atoms with Gasteiger partial charge in [-0.2, -0.15) is 5.10 Å². The van der Waals surface area contributed by atoms with Gasteiger partial charge in [-0.15, -0.1) is 0 Å². The third-order valence-corrected chi connectivity index (χ3v) is 4.45. The molecule has 0 fully saturated rings. The van der Waals surface area contributed by atoms with Gasteiger partial charge in [0.05, 0.1) is 10.7 Å². The number of nitrogens with zero attached hydrogens (tertiary/aromatic N) is 1. The topological polar surface area (TPSA) is 93.8 Å². The second-order valence-electron chi connectivity index (χ2n) is 4.77. The van der Waals surface area contributed by atoms with Crippen LogP contribution < -0.4 is 15.9 Å². The Kier molecular flexibility index (Phi) is 7.15. The summed E-state index contributed by atoms with van der Waals surface area (Å²) in [6.07, 6.45) is 1.42. The lowest BCUT2D eigenvalue weighted by atomic mass is 10.2. The zero-order valence-electron chi connectivity index (χ0n) is 12.6. The van der Waals surface area contributed by atoms with E-state index in [9.17, 15) is 9.59 Å². The van der Waals surface area contributed by atoms with Crippen molar-refractivity contribution < 1.29 is 14.3 Å². The zero-order valence-corrected chi connectivity index (χ0v) is 17.4. The number of carbonyl (C=O) groups is 2. The van der Waals surface area contributed by atoms with E-state index < -0.39 is 5.91 Å². The van der Waals surface area contributed by atoms with Crippen LogP contribution in [-0.2, 0) is 4.79 Å². The minimum atomic E-state index is -0.596. The SMILES string of the molecule is NC(=O)COc1c(Br)cc(Br)cc1/C=N/NC(=O)c1ccc(Br)cc1. The summed E-state index contributed by atoms with van der Waals surface area (Å²) < 4.78 is 7.65. The first-order chi connectivity index (χ1) is 11.9. The molecular formula is C16H12Br3N3O3. The molecule has 0 spiro atoms. The maximum Gasteiger partial charge on any atom is 0.271 e. The second-order valence-corrected chi connectivity index (χ2v) is 7.45. The van der Waals surface area contributed by atoms with E-state index in [1.165, 1.54) is 6.21 Å². The zero-order chi connectivity index (χ0) is 18.4. The molecule has 0 unspecified atom stereocenters. The molecule has 2 rings (SSSR count). The number of nitrogens with two attached hydrogens (primary N) is 1. The van der Waals surface area contributed by atoms with Crippen molar-refractivity contribution in [1.82, 2.24) is 5.43 Å². The lowest BCUT2D eigenvalue weighted by Gasteiger charge is -2.10. The van der Waals surface area contributed by atoms with Crippen LogP contribution in [0.1, 0.15) is 15.9 Å². The van der Waals surface area contributed by atoms with E-state index in [0.29, 0.717) is 21.3 Å². The molecule has 0 heterocycles. The van der Waals surface area contributed by atoms with Crippen LogP contribution in [0.3, 0.4) is 0 Å². The highest BCUT2D eigenvalue weighted by molar-refractivity contribution is 9.11. The summed E-state index contributed by atoms with van der Waals surface area (Å²) in [6, 6.07) is 10.4. The maximum absolute atomic E-state index is 12.0. The molecule has 0 bridgehead atoms. The summed E-state index contributed by atoms with van der Waals surface area (Å²) in [5.74, 6) is -0.553. The van der Waals surface area contributed by atoms with Crippen molar-refractivity contribution >= 4 is 65.8 Å². The van der Waals surface area contributed by atoms with Crippen LogP contribution in [-0.4, -0.2) is 24.6 Å². The van der Waals surface area contributed by atoms with Crippen molar-refractivity contribution in [2.24, 2.45) is 10.8 Å². The van der Waals surface area contributed by atoms with Gasteiger partial charge >= 0.3 is 0 Å². The van der Waals surface area contributed by atoms with Gasteiger partial charge in [0.25, 0.3) is 11.8 Å². The highest BCUT2D eigenvalue weighted by Gasteiger charge is 2.11. The summed E-state index contributed by atoms with van der Waals surface area (Å²) in [4.78, 5) is 23.0. The maximum atomic E-state index is 12.0. The lowest BCUT2D eigenvalue weighted by Crippen LogP contribution is -2.21. The summed E-state index contributed by atoms with van der Waals surface area (Å²) in [7, 11) is 0. The summed E-state index contributed by atoms with van der Waals surface area (Å²) in [5, 5.41) is 3.94. The van der Waals surface area contributed by atoms with Gasteiger partial charge in [0.2, 0.25) is 0 Å². The van der Waals surface area contributed by atoms with Crippen molar-refractivity contribution in [2.45, 2.75) is 0 Å². The molecule has 0 saturated heterocycles. The fourth-order valence-corrected chi connectivity index (χ4v) is 3.44. The van der Waals surface area contributed by atoms with Crippen molar-refractivity contribution in [2.75, 3.05) is 6.61 Å². The number of hydrogen-bond acceptors (Lipinski definition) is 4. The Hall–Kier alpha value is -1.71. The quantitative estimate of drug-likeness (QED) is 0.439. The molecule has 0 aromatic heterocycles. The Morgan fingerprint density at radius 3 is 2.44 bits per heavy atom. The number of nitrogens with one attached hydrogen (secondary N) is 1. The summed E-state index contributed by atoms with van der Waals surface area (Å²) in [6.45, 7) is -0.272. The number of primary amides is 1. The van der Waals surface area contributed by atoms with Gasteiger partial charge in [0.15, 0.2) is 6.61 Å². The van der Waals surface area contributed by atoms with Gasteiger partial charge < -0.3 is 10.5 Å². The predicted octanol–water partition coefficient (Wildman–Crippen LogP) is 3.60. The van der Waals surface area contributed by atoms with Crippen LogP contribution in [0, 0.1) is 0 Å². The number of halogens is 3. The van der Waals surface area contributed by atoms with Crippen LogP contribution in [0.2, 0.25) is 0 Å². The fourth-order valence-electron chi connectivity index (χ4n) is 1.80. The van der Waals surface area contributed by atoms with E-state index >= 15 is 0 Å². The number of carbonyl (C=O) groups excluding carboxylic acids is 2. The van der Waals surface area contributed by atoms with E-state index in [1.807, 2.05) is 0 Å². The van der Waals surface area contributed by atoms with Gasteiger partial charge in [-0.25, -0.2) is 5.43 Å². The van der Waals surface area contributed by atoms with E-state index in [1.54, 1.807) is 36.4 Å². The number of benzene rings is 2. The molecule has 25 heavy (non-hydrogen) atoms. The molecule has 3 N–H and O–H groups in total. The van der Waals surface area contributed by atoms with Crippen molar-refractivity contribution in [3.63, 3.8) is 0 Å². The molecular weight excluding hydrogens is 522 g/mol. The smallest absolute Gasteiger partial charge is 0.271 e. The van der Waals surface area contributed by atoms with Crippen molar-refractivity contribution in [1.29, 1.82) is 0 Å². The average molecular weight is 534 g/mol. The summed E-state index contributed by atoms with van der Waals surface area (Å²) in [5.41, 5.74) is 8.57. The Morgan fingerprint density at radius 2 is 1.80 bits per heavy atom. The lowest BCUT2D eigenvalue weighted by molar-refractivity contribution is -0.119. The largest absolute Gasteiger partial charge is 0.482 e. The summed E-state index contributed by atoms with van der Waals surface area (Å²) >= 11 is 10.0. The van der Waals surface area contributed by atoms with Crippen LogP contribution in [0.15, 0.2) is 54.9 Å². The number of ether oxygens (including phenoxy) is 1. The minimum absolute atomic E-state index is 0.272. The highest BCUT2D eigenvalue weighted by Crippen LogP contribution is 2.32. The van der Waals surface area contributed by atoms with Crippen LogP contribution in [0.4, 0.5) is 0 Å². The Balaban J connectivity index is 2.15. The normalized spacial score (nSPS) is 10.7. The number of hydrogen-bond donors (Lipinski definition) is 2. The monoisotopic (exact) mass is 531 g/mol. The van der Waals surface area contributed by atoms with E-state index in [-0.39, 0.29) is 12.5 Å². The van der Waals surface area contributed by atoms with Crippen LogP contribution in [0.5, 0.6) is 5.75 Å². The van der Waals surface area contributed by atoms with Gasteiger partial charge in [-0.05, 0) is 52.3 Å². The molecule has 0 atom stereocenters. The molecule has 0 saturated carbocycles. The fraction of sp³-hybridized carbons (Fsp3) is 0.0625. The Morgan fingerprint density at radius 1 is 1.12 bits per heavy atom. The number of hydrazone groups is 1. The van der Waals surface area contributed by atoms with Gasteiger partial charge in [0.1, 0.15) is 5.75 Å². The van der Waals surface area contributed by atoms with Crippen LogP contribution >= 0.6 is 47.8 Å². The van der Waals surface area contributed by atoms with Gasteiger partial charge in [-0.3, -0.25) is 9.59 Å². The molecule has 0 aliphatic heterocycles. The molecule has 130 valence electrons. The molecule has 2 amide bonds. The first-order valence-corrected chi connectivity index (χ1v) is 9.24. The van der Waals surface area contributed by atoms with E-state index in [0.717, 1.165) is 8.95 Å². The Bertz CT molecular complexity index is 823. The van der Waals surface area contributed by atoms with E-state index in [4.69, 9.17) is 10.5 Å². The Labute approximate surface area is 169 Å². The van der Waals surface area contributed by atoms with E-state index in [2.05, 4.69) is 58.3 Å². The van der Waals surface area contributed by atoms with Crippen molar-refractivity contribution in [3.8, 4) is 5.75 Å². The number of rotatable bonds is 6. The molecule has 6 nitrogen and oxygen atoms in total. The van der Waals surface area contributed by atoms with Crippen LogP contribution in [0.25, 0.3) is 0 Å². The van der Waals surface area contributed by atoms with Gasteiger partial charge in [-0.1, -0.05) is 31.9 Å². The standard InChI is InChI=1S/C16H12Br3N3O3/c17-11-3-1-9(2-4-11)16(24)22-21-7-10-5-12(18)6-13(19)15(10)25-8-14(20)23/h1-7H,8H2,(H2,20,23)(H,22,24)/b21-7+. The third kappa shape index (κ3) is 5.94. The predicted molar refractivity (Wildman–Crippen MR) is 106 cm³/mol. The number of amides is 2. The molecule has 0 aliphatic carbocycles. The molecule has 0 aliphatic rings. The van der Waals surface area contributed by atoms with Gasteiger partial charge in [0, 0.05) is 20.1 Å². The highest BCUT2D eigenvalue weighted by atomic mass is 79.9. The molecule has 9 heteroatoms. The van der Waals surface area contributed by atoms with Crippen molar-refractivity contribution in [3.05, 3.63) is 60.9 Å². The minimum Gasteiger partial charge on any atom is -0.482 e. The second kappa shape index (κ2) is 9.12. The first kappa shape index (κ1) is 19.6. The molecule has 2 aromatic carbocycles. The molecule has 0 radical (unpaired) electrons.